The van der Waals surface area contributed by atoms with Gasteiger partial charge in [-0.2, -0.15) is 9.84 Å². The summed E-state index contributed by atoms with van der Waals surface area (Å²) in [6.45, 7) is 0.832. The van der Waals surface area contributed by atoms with E-state index in [1.54, 1.807) is 6.07 Å². The molecule has 1 aliphatic heterocycles. The Hall–Kier alpha value is -2.42. The third-order valence-corrected chi connectivity index (χ3v) is 3.14. The van der Waals surface area contributed by atoms with E-state index in [0.29, 0.717) is 5.69 Å². The molecule has 0 radical (unpaired) electrons. The number of nitriles is 1. The van der Waals surface area contributed by atoms with Gasteiger partial charge in [-0.3, -0.25) is 10.1 Å². The minimum Gasteiger partial charge on any atom is -0.489 e. The summed E-state index contributed by atoms with van der Waals surface area (Å²) in [5.74, 6) is 0.273. The van der Waals surface area contributed by atoms with E-state index in [-0.39, 0.29) is 17.0 Å². The van der Waals surface area contributed by atoms with E-state index in [2.05, 4.69) is 0 Å². The first-order valence-corrected chi connectivity index (χ1v) is 6.04. The van der Waals surface area contributed by atoms with Crippen molar-refractivity contribution in [3.8, 4) is 11.8 Å². The molecule has 98 valence electrons. The fourth-order valence-electron chi connectivity index (χ4n) is 2.24. The molecule has 6 heteroatoms. The van der Waals surface area contributed by atoms with Crippen molar-refractivity contribution in [2.24, 2.45) is 0 Å². The van der Waals surface area contributed by atoms with E-state index >= 15 is 0 Å². The molecule has 6 nitrogen and oxygen atoms in total. The van der Waals surface area contributed by atoms with Crippen LogP contribution in [0.2, 0.25) is 0 Å². The van der Waals surface area contributed by atoms with Crippen LogP contribution in [0.1, 0.15) is 24.8 Å². The molecule has 1 aliphatic rings. The zero-order valence-electron chi connectivity index (χ0n) is 10.6. The number of nitro benzene ring substituents is 1. The first-order valence-electron chi connectivity index (χ1n) is 6.04. The summed E-state index contributed by atoms with van der Waals surface area (Å²) >= 11 is 0. The maximum atomic E-state index is 10.9. The molecule has 0 saturated heterocycles. The highest BCUT2D eigenvalue weighted by Crippen LogP contribution is 2.37. The van der Waals surface area contributed by atoms with Gasteiger partial charge >= 0.3 is 0 Å². The molecule has 0 N–H and O–H groups in total. The second-order valence-electron chi connectivity index (χ2n) is 4.25. The Bertz CT molecular complexity index is 588. The molecule has 0 saturated carbocycles. The minimum atomic E-state index is -0.565. The molecule has 1 aromatic carbocycles. The van der Waals surface area contributed by atoms with Crippen LogP contribution in [0.3, 0.4) is 0 Å². The molecule has 2 rings (SSSR count). The number of ether oxygens (including phenoxy) is 1. The third kappa shape index (κ3) is 2.40. The molecule has 0 aliphatic carbocycles. The van der Waals surface area contributed by atoms with Gasteiger partial charge in [-0.1, -0.05) is 0 Å². The maximum absolute atomic E-state index is 10.9. The van der Waals surface area contributed by atoms with Gasteiger partial charge in [0.15, 0.2) is 5.56 Å². The number of hydrogen-bond acceptors (Lipinski definition) is 4. The summed E-state index contributed by atoms with van der Waals surface area (Å²) < 4.78 is 7.22. The molecule has 0 fully saturated rings. The lowest BCUT2D eigenvalue weighted by Crippen LogP contribution is -2.15. The largest absolute Gasteiger partial charge is 0.489 e. The van der Waals surface area contributed by atoms with Crippen molar-refractivity contribution in [1.82, 2.24) is 0 Å². The zero-order chi connectivity index (χ0) is 13.8. The highest BCUT2D eigenvalue weighted by Gasteiger charge is 2.27. The Morgan fingerprint density at radius 1 is 1.47 bits per heavy atom. The van der Waals surface area contributed by atoms with Gasteiger partial charge in [-0.15, -0.1) is 0 Å². The summed E-state index contributed by atoms with van der Waals surface area (Å²) in [5.41, 5.74) is 0.466. The highest BCUT2D eigenvalue weighted by atomic mass is 16.6. The lowest BCUT2D eigenvalue weighted by Gasteiger charge is -2.11. The number of rotatable bonds is 3. The molecule has 0 spiro atoms. The summed E-state index contributed by atoms with van der Waals surface area (Å²) in [6, 6.07) is 4.87. The van der Waals surface area contributed by atoms with E-state index in [1.165, 1.54) is 13.2 Å². The van der Waals surface area contributed by atoms with Crippen LogP contribution in [-0.4, -0.2) is 29.4 Å². The number of nitro groups is 1. The van der Waals surface area contributed by atoms with E-state index in [0.717, 1.165) is 25.8 Å². The van der Waals surface area contributed by atoms with Crippen molar-refractivity contribution >= 4 is 17.6 Å². The number of nitrogens with zero attached hydrogens (tertiary/aromatic N) is 3. The van der Waals surface area contributed by atoms with Crippen LogP contribution in [0.15, 0.2) is 12.1 Å². The van der Waals surface area contributed by atoms with Crippen LogP contribution in [0.4, 0.5) is 11.4 Å². The molecule has 0 amide bonds. The molecule has 0 bridgehead atoms. The van der Waals surface area contributed by atoms with Gasteiger partial charge in [0.1, 0.15) is 18.8 Å². The zero-order valence-corrected chi connectivity index (χ0v) is 10.6. The fraction of sp³-hybridized carbons (Fsp3) is 0.385. The standard InChI is InChI=1S/C13H14N3O3/c1-19-13-10(9-14)11(16(17)18)5-6-12(13)15-7-3-2-4-8-15/h5-7H,2-4,8H2,1H3/q+1. The highest BCUT2D eigenvalue weighted by molar-refractivity contribution is 5.67. The van der Waals surface area contributed by atoms with Gasteiger partial charge in [0.2, 0.25) is 11.4 Å². The summed E-state index contributed by atoms with van der Waals surface area (Å²) in [5, 5.41) is 20.1. The predicted octanol–water partition coefficient (Wildman–Crippen LogP) is 2.37. The lowest BCUT2D eigenvalue weighted by molar-refractivity contribution is -0.442. The van der Waals surface area contributed by atoms with Crippen LogP contribution in [-0.2, 0) is 0 Å². The van der Waals surface area contributed by atoms with E-state index in [4.69, 9.17) is 10.00 Å². The Morgan fingerprint density at radius 3 is 2.79 bits per heavy atom. The van der Waals surface area contributed by atoms with Crippen LogP contribution >= 0.6 is 0 Å². The van der Waals surface area contributed by atoms with E-state index in [9.17, 15) is 10.1 Å². The SMILES string of the molecule is COc1c([N+]2=CCCCC2)ccc([N+](=O)[O-])c1C#N. The quantitative estimate of drug-likeness (QED) is 0.474. The molecule has 1 aromatic rings. The van der Waals surface area contributed by atoms with Gasteiger partial charge in [-0.25, -0.2) is 0 Å². The molecule has 19 heavy (non-hydrogen) atoms. The number of benzene rings is 1. The van der Waals surface area contributed by atoms with Gasteiger partial charge in [-0.05, 0) is 6.42 Å². The lowest BCUT2D eigenvalue weighted by atomic mass is 10.1. The smallest absolute Gasteiger partial charge is 0.291 e. The van der Waals surface area contributed by atoms with Crippen molar-refractivity contribution in [3.63, 3.8) is 0 Å². The molecule has 0 unspecified atom stereocenters. The number of methoxy groups -OCH3 is 1. The second-order valence-corrected chi connectivity index (χ2v) is 4.25. The predicted molar refractivity (Wildman–Crippen MR) is 69.1 cm³/mol. The summed E-state index contributed by atoms with van der Waals surface area (Å²) in [7, 11) is 1.42. The fourth-order valence-corrected chi connectivity index (χ4v) is 2.24. The van der Waals surface area contributed by atoms with Crippen LogP contribution in [0.25, 0.3) is 0 Å². The van der Waals surface area contributed by atoms with Gasteiger partial charge in [0.25, 0.3) is 5.69 Å². The molecule has 0 atom stereocenters. The first-order chi connectivity index (χ1) is 9.19. The van der Waals surface area contributed by atoms with Crippen molar-refractivity contribution in [1.29, 1.82) is 5.26 Å². The molecule has 0 aromatic heterocycles. The van der Waals surface area contributed by atoms with Gasteiger partial charge < -0.3 is 4.74 Å². The second kappa shape index (κ2) is 5.48. The van der Waals surface area contributed by atoms with Gasteiger partial charge in [0, 0.05) is 25.0 Å². The maximum Gasteiger partial charge on any atom is 0.291 e. The van der Waals surface area contributed by atoms with Crippen LogP contribution in [0, 0.1) is 21.4 Å². The van der Waals surface area contributed by atoms with Crippen LogP contribution in [0.5, 0.6) is 5.75 Å². The Morgan fingerprint density at radius 2 is 2.26 bits per heavy atom. The van der Waals surface area contributed by atoms with Crippen LogP contribution < -0.4 is 4.74 Å². The Balaban J connectivity index is 2.60. The Labute approximate surface area is 110 Å². The van der Waals surface area contributed by atoms with Crippen molar-refractivity contribution in [2.75, 3.05) is 13.7 Å². The van der Waals surface area contributed by atoms with Crippen molar-refractivity contribution in [2.45, 2.75) is 19.3 Å². The normalized spacial score (nSPS) is 14.4. The summed E-state index contributed by atoms with van der Waals surface area (Å²) in [4.78, 5) is 10.3. The molecular weight excluding hydrogens is 246 g/mol. The molecule has 1 heterocycles. The third-order valence-electron chi connectivity index (χ3n) is 3.14. The van der Waals surface area contributed by atoms with Crippen molar-refractivity contribution in [3.05, 3.63) is 27.8 Å². The van der Waals surface area contributed by atoms with Gasteiger partial charge in [0.05, 0.1) is 12.0 Å². The van der Waals surface area contributed by atoms with E-state index in [1.807, 2.05) is 16.9 Å². The first kappa shape index (κ1) is 13.0. The Kier molecular flexibility index (Phi) is 3.76. The topological polar surface area (TPSA) is 79.2 Å². The van der Waals surface area contributed by atoms with Crippen molar-refractivity contribution < 1.29 is 14.2 Å². The molecular formula is C13H14N3O3+. The summed E-state index contributed by atoms with van der Waals surface area (Å²) in [6.07, 6.45) is 5.19. The van der Waals surface area contributed by atoms with E-state index < -0.39 is 4.92 Å². The average Bonchev–Trinajstić information content (AvgIpc) is 2.46. The number of hydrogen-bond donors (Lipinski definition) is 0. The minimum absolute atomic E-state index is 0.0241. The monoisotopic (exact) mass is 260 g/mol. The average molecular weight is 260 g/mol.